The lowest BCUT2D eigenvalue weighted by Gasteiger charge is -1.99. The molecule has 0 radical (unpaired) electrons. The molecule has 0 aliphatic heterocycles. The Bertz CT molecular complexity index is 696. The van der Waals surface area contributed by atoms with Gasteiger partial charge in [0.1, 0.15) is 5.75 Å². The van der Waals surface area contributed by atoms with Gasteiger partial charge in [0.05, 0.1) is 7.11 Å². The highest BCUT2D eigenvalue weighted by Gasteiger charge is 2.09. The van der Waals surface area contributed by atoms with Gasteiger partial charge in [-0.25, -0.2) is 0 Å². The summed E-state index contributed by atoms with van der Waals surface area (Å²) in [5.41, 5.74) is 2.11. The number of hydrogen-bond donors (Lipinski definition) is 0. The first-order valence-electron chi connectivity index (χ1n) is 6.50. The molecule has 4 nitrogen and oxygen atoms in total. The van der Waals surface area contributed by atoms with Gasteiger partial charge in [0, 0.05) is 11.3 Å². The monoisotopic (exact) mass is 298 g/mol. The van der Waals surface area contributed by atoms with Crippen molar-refractivity contribution in [1.29, 1.82) is 0 Å². The summed E-state index contributed by atoms with van der Waals surface area (Å²) in [5, 5.41) is 8.71. The van der Waals surface area contributed by atoms with E-state index in [0.29, 0.717) is 11.1 Å². The number of rotatable bonds is 5. The molecular weight excluding hydrogens is 284 g/mol. The number of methoxy groups -OCH3 is 1. The van der Waals surface area contributed by atoms with E-state index in [1.807, 2.05) is 42.5 Å². The quantitative estimate of drug-likeness (QED) is 0.665. The predicted octanol–water partition coefficient (Wildman–Crippen LogP) is 4.04. The van der Waals surface area contributed by atoms with E-state index in [0.717, 1.165) is 17.1 Å². The molecule has 2 aromatic carbocycles. The second-order valence-electron chi connectivity index (χ2n) is 4.38. The van der Waals surface area contributed by atoms with E-state index in [9.17, 15) is 0 Å². The average molecular weight is 298 g/mol. The predicted molar refractivity (Wildman–Crippen MR) is 82.3 cm³/mol. The Balaban J connectivity index is 1.68. The summed E-state index contributed by atoms with van der Waals surface area (Å²) < 4.78 is 10.8. The fourth-order valence-corrected chi connectivity index (χ4v) is 2.56. The van der Waals surface area contributed by atoms with Gasteiger partial charge in [-0.1, -0.05) is 42.1 Å². The Morgan fingerprint density at radius 2 is 1.76 bits per heavy atom. The van der Waals surface area contributed by atoms with Crippen molar-refractivity contribution in [2.75, 3.05) is 7.11 Å². The molecule has 0 N–H and O–H groups in total. The maximum absolute atomic E-state index is 5.66. The van der Waals surface area contributed by atoms with E-state index in [2.05, 4.69) is 22.3 Å². The van der Waals surface area contributed by atoms with Crippen molar-refractivity contribution in [1.82, 2.24) is 10.2 Å². The first-order chi connectivity index (χ1) is 10.3. The van der Waals surface area contributed by atoms with Crippen LogP contribution in [0.5, 0.6) is 5.75 Å². The van der Waals surface area contributed by atoms with Gasteiger partial charge in [-0.3, -0.25) is 0 Å². The summed E-state index contributed by atoms with van der Waals surface area (Å²) in [4.78, 5) is 0. The normalized spacial score (nSPS) is 10.5. The zero-order valence-electron chi connectivity index (χ0n) is 11.5. The Hall–Kier alpha value is -2.27. The standard InChI is InChI=1S/C16H14N2O2S/c1-19-14-9-7-13(8-10-14)15-17-18-16(20-15)21-11-12-5-3-2-4-6-12/h2-10H,11H2,1H3. The van der Waals surface area contributed by atoms with Crippen LogP contribution < -0.4 is 4.74 Å². The molecule has 0 atom stereocenters. The third kappa shape index (κ3) is 3.44. The van der Waals surface area contributed by atoms with E-state index in [1.165, 1.54) is 17.3 Å². The van der Waals surface area contributed by atoms with Crippen LogP contribution in [-0.2, 0) is 5.75 Å². The third-order valence-corrected chi connectivity index (χ3v) is 3.84. The van der Waals surface area contributed by atoms with Crippen LogP contribution in [0.1, 0.15) is 5.56 Å². The third-order valence-electron chi connectivity index (χ3n) is 2.95. The summed E-state index contributed by atoms with van der Waals surface area (Å²) in [7, 11) is 1.64. The Labute approximate surface area is 127 Å². The SMILES string of the molecule is COc1ccc(-c2nnc(SCc3ccccc3)o2)cc1. The van der Waals surface area contributed by atoms with Gasteiger partial charge >= 0.3 is 0 Å². The Kier molecular flexibility index (Phi) is 4.21. The van der Waals surface area contributed by atoms with Crippen LogP contribution in [-0.4, -0.2) is 17.3 Å². The lowest BCUT2D eigenvalue weighted by Crippen LogP contribution is -1.82. The van der Waals surface area contributed by atoms with Crippen LogP contribution >= 0.6 is 11.8 Å². The van der Waals surface area contributed by atoms with Crippen LogP contribution in [0.2, 0.25) is 0 Å². The summed E-state index contributed by atoms with van der Waals surface area (Å²) in [5.74, 6) is 2.13. The highest BCUT2D eigenvalue weighted by molar-refractivity contribution is 7.98. The van der Waals surface area contributed by atoms with E-state index < -0.39 is 0 Å². The minimum atomic E-state index is 0.521. The first-order valence-corrected chi connectivity index (χ1v) is 7.48. The van der Waals surface area contributed by atoms with Crippen molar-refractivity contribution < 1.29 is 9.15 Å². The van der Waals surface area contributed by atoms with Gasteiger partial charge in [0.2, 0.25) is 5.89 Å². The van der Waals surface area contributed by atoms with E-state index in [1.54, 1.807) is 7.11 Å². The summed E-state index contributed by atoms with van der Waals surface area (Å²) in [6, 6.07) is 17.7. The van der Waals surface area contributed by atoms with E-state index >= 15 is 0 Å². The molecule has 0 amide bonds. The smallest absolute Gasteiger partial charge is 0.277 e. The molecule has 21 heavy (non-hydrogen) atoms. The summed E-state index contributed by atoms with van der Waals surface area (Å²) >= 11 is 1.53. The number of nitrogens with zero attached hydrogens (tertiary/aromatic N) is 2. The van der Waals surface area contributed by atoms with Crippen molar-refractivity contribution in [2.45, 2.75) is 11.0 Å². The number of benzene rings is 2. The second-order valence-corrected chi connectivity index (χ2v) is 5.30. The van der Waals surface area contributed by atoms with Crippen LogP contribution in [0, 0.1) is 0 Å². The van der Waals surface area contributed by atoms with Crippen LogP contribution in [0.4, 0.5) is 0 Å². The maximum atomic E-state index is 5.66. The molecule has 0 bridgehead atoms. The van der Waals surface area contributed by atoms with Gasteiger partial charge in [-0.05, 0) is 29.8 Å². The molecule has 0 saturated heterocycles. The van der Waals surface area contributed by atoms with Crippen molar-refractivity contribution in [3.05, 3.63) is 60.2 Å². The highest BCUT2D eigenvalue weighted by atomic mass is 32.2. The molecule has 0 aliphatic rings. The van der Waals surface area contributed by atoms with Crippen molar-refractivity contribution in [3.8, 4) is 17.2 Å². The highest BCUT2D eigenvalue weighted by Crippen LogP contribution is 2.26. The van der Waals surface area contributed by atoms with Crippen molar-refractivity contribution in [3.63, 3.8) is 0 Å². The molecule has 0 fully saturated rings. The van der Waals surface area contributed by atoms with E-state index in [4.69, 9.17) is 9.15 Å². The second kappa shape index (κ2) is 6.45. The van der Waals surface area contributed by atoms with Crippen LogP contribution in [0.3, 0.4) is 0 Å². The van der Waals surface area contributed by atoms with Crippen molar-refractivity contribution in [2.24, 2.45) is 0 Å². The Morgan fingerprint density at radius 1 is 1.00 bits per heavy atom. The van der Waals surface area contributed by atoms with Gasteiger partial charge in [-0.2, -0.15) is 0 Å². The largest absolute Gasteiger partial charge is 0.497 e. The molecule has 3 rings (SSSR count). The lowest BCUT2D eigenvalue weighted by atomic mass is 10.2. The molecule has 0 unspecified atom stereocenters. The van der Waals surface area contributed by atoms with E-state index in [-0.39, 0.29) is 0 Å². The first kappa shape index (κ1) is 13.7. The number of hydrogen-bond acceptors (Lipinski definition) is 5. The van der Waals surface area contributed by atoms with Gasteiger partial charge < -0.3 is 9.15 Å². The molecular formula is C16H14N2O2S. The molecule has 1 aromatic heterocycles. The zero-order chi connectivity index (χ0) is 14.5. The van der Waals surface area contributed by atoms with Crippen molar-refractivity contribution >= 4 is 11.8 Å². The molecule has 0 spiro atoms. The van der Waals surface area contributed by atoms with Gasteiger partial charge in [0.25, 0.3) is 5.22 Å². The summed E-state index contributed by atoms with van der Waals surface area (Å²) in [6.45, 7) is 0. The molecule has 0 aliphatic carbocycles. The van der Waals surface area contributed by atoms with Crippen LogP contribution in [0.25, 0.3) is 11.5 Å². The minimum absolute atomic E-state index is 0.521. The average Bonchev–Trinajstić information content (AvgIpc) is 3.03. The van der Waals surface area contributed by atoms with Gasteiger partial charge in [-0.15, -0.1) is 10.2 Å². The maximum Gasteiger partial charge on any atom is 0.277 e. The van der Waals surface area contributed by atoms with Crippen LogP contribution in [0.15, 0.2) is 64.2 Å². The minimum Gasteiger partial charge on any atom is -0.497 e. The molecule has 106 valence electrons. The zero-order valence-corrected chi connectivity index (χ0v) is 12.3. The fraction of sp³-hybridized carbons (Fsp3) is 0.125. The fourth-order valence-electron chi connectivity index (χ4n) is 1.84. The molecule has 0 saturated carbocycles. The summed E-state index contributed by atoms with van der Waals surface area (Å²) in [6.07, 6.45) is 0. The lowest BCUT2D eigenvalue weighted by molar-refractivity contribution is 0.414. The number of aromatic nitrogens is 2. The Morgan fingerprint density at radius 3 is 2.48 bits per heavy atom. The topological polar surface area (TPSA) is 48.2 Å². The van der Waals surface area contributed by atoms with Gasteiger partial charge in [0.15, 0.2) is 0 Å². The molecule has 3 aromatic rings. The molecule has 1 heterocycles. The number of ether oxygens (including phenoxy) is 1. The molecule has 5 heteroatoms. The number of thioether (sulfide) groups is 1.